The van der Waals surface area contributed by atoms with Crippen LogP contribution >= 0.6 is 27.5 Å². The summed E-state index contributed by atoms with van der Waals surface area (Å²) in [6.07, 6.45) is 0. The third kappa shape index (κ3) is 3.30. The van der Waals surface area contributed by atoms with Crippen LogP contribution in [0.5, 0.6) is 5.75 Å². The summed E-state index contributed by atoms with van der Waals surface area (Å²) < 4.78 is 44.2. The maximum atomic E-state index is 13.5. The zero-order chi connectivity index (χ0) is 13.3. The molecule has 1 aromatic carbocycles. The molecule has 1 aromatic rings. The average molecular weight is 345 g/mol. The van der Waals surface area contributed by atoms with Crippen LogP contribution in [0.2, 0.25) is 5.02 Å². The largest absolute Gasteiger partial charge is 0.488 e. The van der Waals surface area contributed by atoms with E-state index >= 15 is 0 Å². The molecule has 1 aliphatic heterocycles. The molecule has 0 atom stereocenters. The Morgan fingerprint density at radius 1 is 1.39 bits per heavy atom. The predicted octanol–water partition coefficient (Wildman–Crippen LogP) is 3.57. The number of hydrogen-bond acceptors (Lipinski definition) is 2. The molecule has 0 radical (unpaired) electrons. The fourth-order valence-electron chi connectivity index (χ4n) is 1.71. The minimum absolute atomic E-state index is 0.0479. The number of benzene rings is 1. The lowest BCUT2D eigenvalue weighted by Crippen LogP contribution is -2.57. The van der Waals surface area contributed by atoms with E-state index in [1.807, 2.05) is 0 Å². The SMILES string of the molecule is Fc1cc(Cl)cc(Br)c1OCCN1CC(F)(F)C1. The normalized spacial score (nSPS) is 18.5. The molecule has 1 heterocycles. The topological polar surface area (TPSA) is 12.5 Å². The molecule has 0 N–H and O–H groups in total. The van der Waals surface area contributed by atoms with Crippen LogP contribution in [0.1, 0.15) is 0 Å². The smallest absolute Gasteiger partial charge is 0.272 e. The lowest BCUT2D eigenvalue weighted by Gasteiger charge is -2.38. The van der Waals surface area contributed by atoms with Crippen molar-refractivity contribution in [2.45, 2.75) is 5.92 Å². The molecule has 1 aliphatic rings. The van der Waals surface area contributed by atoms with Crippen LogP contribution in [-0.4, -0.2) is 37.1 Å². The Morgan fingerprint density at radius 2 is 2.06 bits per heavy atom. The molecule has 0 bridgehead atoms. The van der Waals surface area contributed by atoms with E-state index in [9.17, 15) is 13.2 Å². The monoisotopic (exact) mass is 343 g/mol. The minimum atomic E-state index is -2.59. The summed E-state index contributed by atoms with van der Waals surface area (Å²) in [5.74, 6) is -3.12. The lowest BCUT2D eigenvalue weighted by molar-refractivity contribution is -0.132. The van der Waals surface area contributed by atoms with Gasteiger partial charge in [0.2, 0.25) is 0 Å². The number of hydrogen-bond donors (Lipinski definition) is 0. The van der Waals surface area contributed by atoms with Gasteiger partial charge in [-0.3, -0.25) is 4.90 Å². The first-order valence-electron chi connectivity index (χ1n) is 5.25. The van der Waals surface area contributed by atoms with Gasteiger partial charge in [-0.05, 0) is 28.1 Å². The molecule has 18 heavy (non-hydrogen) atoms. The first-order valence-corrected chi connectivity index (χ1v) is 6.42. The third-order valence-electron chi connectivity index (χ3n) is 2.53. The van der Waals surface area contributed by atoms with Crippen LogP contribution in [0.15, 0.2) is 16.6 Å². The second kappa shape index (κ2) is 5.27. The van der Waals surface area contributed by atoms with E-state index < -0.39 is 11.7 Å². The van der Waals surface area contributed by atoms with Crippen molar-refractivity contribution in [3.63, 3.8) is 0 Å². The quantitative estimate of drug-likeness (QED) is 0.828. The van der Waals surface area contributed by atoms with Crippen LogP contribution in [-0.2, 0) is 0 Å². The Morgan fingerprint density at radius 3 is 2.61 bits per heavy atom. The summed E-state index contributed by atoms with van der Waals surface area (Å²) in [7, 11) is 0. The van der Waals surface area contributed by atoms with E-state index in [0.717, 1.165) is 6.07 Å². The maximum absolute atomic E-state index is 13.5. The van der Waals surface area contributed by atoms with Crippen molar-refractivity contribution >= 4 is 27.5 Å². The van der Waals surface area contributed by atoms with E-state index in [1.54, 1.807) is 4.90 Å². The van der Waals surface area contributed by atoms with E-state index in [2.05, 4.69) is 15.9 Å². The van der Waals surface area contributed by atoms with Crippen LogP contribution in [0.25, 0.3) is 0 Å². The zero-order valence-corrected chi connectivity index (χ0v) is 11.6. The summed E-state index contributed by atoms with van der Waals surface area (Å²) in [6.45, 7) is -0.0431. The number of halogens is 5. The van der Waals surface area contributed by atoms with Crippen molar-refractivity contribution in [3.05, 3.63) is 27.4 Å². The highest BCUT2D eigenvalue weighted by molar-refractivity contribution is 9.10. The van der Waals surface area contributed by atoms with Crippen molar-refractivity contribution < 1.29 is 17.9 Å². The number of rotatable bonds is 4. The number of likely N-dealkylation sites (tertiary alicyclic amines) is 1. The van der Waals surface area contributed by atoms with Crippen LogP contribution in [0.3, 0.4) is 0 Å². The Labute approximate surface area is 116 Å². The molecule has 0 aromatic heterocycles. The highest BCUT2D eigenvalue weighted by Crippen LogP contribution is 2.32. The standard InChI is InChI=1S/C11H10BrClF3NO/c12-8-3-7(13)4-9(14)10(8)18-2-1-17-5-11(15,16)6-17/h3-4H,1-2,5-6H2. The van der Waals surface area contributed by atoms with Gasteiger partial charge in [0.15, 0.2) is 11.6 Å². The molecule has 1 saturated heterocycles. The van der Waals surface area contributed by atoms with Gasteiger partial charge < -0.3 is 4.74 Å². The maximum Gasteiger partial charge on any atom is 0.272 e. The molecule has 0 unspecified atom stereocenters. The molecule has 0 aliphatic carbocycles. The minimum Gasteiger partial charge on any atom is -0.488 e. The highest BCUT2D eigenvalue weighted by atomic mass is 79.9. The number of ether oxygens (including phenoxy) is 1. The van der Waals surface area contributed by atoms with Crippen molar-refractivity contribution in [1.29, 1.82) is 0 Å². The molecule has 0 amide bonds. The van der Waals surface area contributed by atoms with Crippen molar-refractivity contribution in [3.8, 4) is 5.75 Å². The fourth-order valence-corrected chi connectivity index (χ4v) is 2.60. The lowest BCUT2D eigenvalue weighted by atomic mass is 10.1. The molecule has 2 nitrogen and oxygen atoms in total. The molecule has 2 rings (SSSR count). The summed E-state index contributed by atoms with van der Waals surface area (Å²) in [6, 6.07) is 2.65. The third-order valence-corrected chi connectivity index (χ3v) is 3.33. The number of alkyl halides is 2. The first kappa shape index (κ1) is 14.0. The predicted molar refractivity (Wildman–Crippen MR) is 66.0 cm³/mol. The van der Waals surface area contributed by atoms with E-state index in [4.69, 9.17) is 16.3 Å². The average Bonchev–Trinajstić information content (AvgIpc) is 2.18. The summed E-state index contributed by atoms with van der Waals surface area (Å²) in [5.41, 5.74) is 0. The Bertz CT molecular complexity index is 427. The van der Waals surface area contributed by atoms with Gasteiger partial charge in [-0.25, -0.2) is 13.2 Å². The van der Waals surface area contributed by atoms with Crippen LogP contribution < -0.4 is 4.74 Å². The summed E-state index contributed by atoms with van der Waals surface area (Å²) in [5, 5.41) is 0.258. The second-order valence-electron chi connectivity index (χ2n) is 4.11. The van der Waals surface area contributed by atoms with Gasteiger partial charge >= 0.3 is 0 Å². The summed E-state index contributed by atoms with van der Waals surface area (Å²) in [4.78, 5) is 1.54. The molecule has 0 spiro atoms. The van der Waals surface area contributed by atoms with Gasteiger partial charge in [0, 0.05) is 11.6 Å². The van der Waals surface area contributed by atoms with E-state index in [-0.39, 0.29) is 30.5 Å². The Kier molecular flexibility index (Phi) is 4.08. The van der Waals surface area contributed by atoms with Gasteiger partial charge in [-0.15, -0.1) is 0 Å². The van der Waals surface area contributed by atoms with E-state index in [1.165, 1.54) is 6.07 Å². The molecular weight excluding hydrogens is 334 g/mol. The molecular formula is C11H10BrClF3NO. The molecule has 7 heteroatoms. The Balaban J connectivity index is 1.84. The van der Waals surface area contributed by atoms with Crippen molar-refractivity contribution in [2.24, 2.45) is 0 Å². The fraction of sp³-hybridized carbons (Fsp3) is 0.455. The van der Waals surface area contributed by atoms with Crippen LogP contribution in [0, 0.1) is 5.82 Å². The van der Waals surface area contributed by atoms with Crippen LogP contribution in [0.4, 0.5) is 13.2 Å². The number of nitrogens with zero attached hydrogens (tertiary/aromatic N) is 1. The van der Waals surface area contributed by atoms with E-state index in [0.29, 0.717) is 11.0 Å². The molecule has 100 valence electrons. The van der Waals surface area contributed by atoms with Gasteiger partial charge in [-0.2, -0.15) is 0 Å². The second-order valence-corrected chi connectivity index (χ2v) is 5.40. The van der Waals surface area contributed by atoms with Gasteiger partial charge in [0.1, 0.15) is 6.61 Å². The first-order chi connectivity index (χ1) is 8.37. The highest BCUT2D eigenvalue weighted by Gasteiger charge is 2.43. The molecule has 1 fully saturated rings. The zero-order valence-electron chi connectivity index (χ0n) is 9.23. The Hall–Kier alpha value is -0.460. The van der Waals surface area contributed by atoms with Crippen molar-refractivity contribution in [1.82, 2.24) is 4.90 Å². The van der Waals surface area contributed by atoms with Gasteiger partial charge in [-0.1, -0.05) is 11.6 Å². The van der Waals surface area contributed by atoms with Crippen molar-refractivity contribution in [2.75, 3.05) is 26.2 Å². The molecule has 0 saturated carbocycles. The van der Waals surface area contributed by atoms with Gasteiger partial charge in [0.25, 0.3) is 5.92 Å². The summed E-state index contributed by atoms with van der Waals surface area (Å²) >= 11 is 8.78. The van der Waals surface area contributed by atoms with Gasteiger partial charge in [0.05, 0.1) is 17.6 Å².